The van der Waals surface area contributed by atoms with Crippen LogP contribution in [0.4, 0.5) is 0 Å². The monoisotopic (exact) mass is 1160 g/mol. The van der Waals surface area contributed by atoms with Gasteiger partial charge in [0.1, 0.15) is 19.3 Å². The van der Waals surface area contributed by atoms with Gasteiger partial charge >= 0.3 is 13.8 Å². The van der Waals surface area contributed by atoms with E-state index < -0.39 is 20.0 Å². The molecule has 0 aliphatic carbocycles. The van der Waals surface area contributed by atoms with E-state index in [0.29, 0.717) is 17.4 Å². The summed E-state index contributed by atoms with van der Waals surface area (Å²) in [6.45, 7) is 6.92. The molecule has 0 saturated carbocycles. The fourth-order valence-electron chi connectivity index (χ4n) is 9.91. The number of phosphoric acid groups is 1. The summed E-state index contributed by atoms with van der Waals surface area (Å²) in [5.74, 6) is -0.516. The van der Waals surface area contributed by atoms with Crippen LogP contribution in [0.25, 0.3) is 0 Å². The second-order valence-corrected chi connectivity index (χ2v) is 25.8. The lowest BCUT2D eigenvalue weighted by Gasteiger charge is -2.27. The number of carbonyl (C=O) groups is 2. The maximum absolute atomic E-state index is 13.6. The van der Waals surface area contributed by atoms with Crippen LogP contribution in [0.3, 0.4) is 0 Å². The molecule has 0 bridgehead atoms. The molecule has 0 fully saturated rings. The highest BCUT2D eigenvalue weighted by atomic mass is 31.2. The third kappa shape index (κ3) is 61.8. The minimum atomic E-state index is -4.46. The van der Waals surface area contributed by atoms with E-state index in [1.54, 1.807) is 0 Å². The van der Waals surface area contributed by atoms with E-state index in [-0.39, 0.29) is 31.5 Å². The molecule has 81 heavy (non-hydrogen) atoms. The maximum Gasteiger partial charge on any atom is 0.472 e. The van der Waals surface area contributed by atoms with Crippen LogP contribution in [-0.2, 0) is 27.9 Å². The molecule has 3 atom stereocenters. The van der Waals surface area contributed by atoms with E-state index in [0.717, 1.165) is 109 Å². The zero-order valence-electron chi connectivity index (χ0n) is 54.0. The molecule has 0 aliphatic heterocycles. The number of likely N-dealkylation sites (N-methyl/N-ethyl adjacent to an activating group) is 1. The first-order chi connectivity index (χ1) is 39.4. The minimum Gasteiger partial charge on any atom is -0.456 e. The van der Waals surface area contributed by atoms with Crippen molar-refractivity contribution in [1.29, 1.82) is 0 Å². The van der Waals surface area contributed by atoms with Gasteiger partial charge in [0.2, 0.25) is 5.91 Å². The molecular formula is C71H132N2O7P+. The Morgan fingerprint density at radius 3 is 1.19 bits per heavy atom. The van der Waals surface area contributed by atoms with Gasteiger partial charge in [-0.15, -0.1) is 0 Å². The molecule has 0 aliphatic rings. The van der Waals surface area contributed by atoms with E-state index in [2.05, 4.69) is 86.8 Å². The average Bonchev–Trinajstić information content (AvgIpc) is 3.44. The molecule has 0 radical (unpaired) electrons. The van der Waals surface area contributed by atoms with Crippen molar-refractivity contribution in [2.45, 2.75) is 328 Å². The lowest BCUT2D eigenvalue weighted by molar-refractivity contribution is -0.870. The molecule has 0 spiro atoms. The van der Waals surface area contributed by atoms with Crippen LogP contribution in [0.2, 0.25) is 0 Å². The third-order valence-corrected chi connectivity index (χ3v) is 16.1. The van der Waals surface area contributed by atoms with Gasteiger partial charge in [0.05, 0.1) is 33.8 Å². The van der Waals surface area contributed by atoms with E-state index in [9.17, 15) is 19.0 Å². The molecule has 0 aromatic heterocycles. The van der Waals surface area contributed by atoms with Crippen molar-refractivity contribution in [3.05, 3.63) is 72.9 Å². The van der Waals surface area contributed by atoms with Crippen molar-refractivity contribution in [2.24, 2.45) is 0 Å². The Bertz CT molecular complexity index is 1620. The SMILES string of the molecule is CC/C=C\C/C=C\C/C=C\C/C=C\C/C=C\CCCCCCCC(=O)NC(COP(=O)(O)OCC[N+](C)(C)C)C(/C=C/CCCCCCCCCCCCC)OC(=O)CCCCCCCCCCCCCCCCCCCCCCC. The summed E-state index contributed by atoms with van der Waals surface area (Å²) in [4.78, 5) is 37.9. The molecule has 9 nitrogen and oxygen atoms in total. The van der Waals surface area contributed by atoms with Gasteiger partial charge in [-0.2, -0.15) is 0 Å². The summed E-state index contributed by atoms with van der Waals surface area (Å²) in [6, 6.07) is -0.860. The fraction of sp³-hybridized carbons (Fsp3) is 0.803. The first kappa shape index (κ1) is 78.5. The lowest BCUT2D eigenvalue weighted by atomic mass is 10.0. The number of rotatable bonds is 62. The average molecular weight is 1160 g/mol. The van der Waals surface area contributed by atoms with Crippen LogP contribution in [0, 0.1) is 0 Å². The van der Waals surface area contributed by atoms with Gasteiger partial charge in [-0.1, -0.05) is 299 Å². The second-order valence-electron chi connectivity index (χ2n) is 24.3. The number of esters is 1. The van der Waals surface area contributed by atoms with Gasteiger partial charge in [0.15, 0.2) is 0 Å². The summed E-state index contributed by atoms with van der Waals surface area (Å²) >= 11 is 0. The van der Waals surface area contributed by atoms with Crippen LogP contribution in [0.15, 0.2) is 72.9 Å². The number of nitrogens with one attached hydrogen (secondary N) is 1. The van der Waals surface area contributed by atoms with Crippen molar-refractivity contribution in [1.82, 2.24) is 5.32 Å². The summed E-state index contributed by atoms with van der Waals surface area (Å²) in [5.41, 5.74) is 0. The number of hydrogen-bond acceptors (Lipinski definition) is 6. The molecule has 0 heterocycles. The number of hydrogen-bond donors (Lipinski definition) is 2. The molecule has 3 unspecified atom stereocenters. The second kappa shape index (κ2) is 60.6. The van der Waals surface area contributed by atoms with Crippen molar-refractivity contribution in [3.8, 4) is 0 Å². The van der Waals surface area contributed by atoms with Crippen LogP contribution in [0.5, 0.6) is 0 Å². The molecule has 10 heteroatoms. The number of amides is 1. The topological polar surface area (TPSA) is 111 Å². The van der Waals surface area contributed by atoms with Gasteiger partial charge in [-0.25, -0.2) is 4.57 Å². The normalized spacial score (nSPS) is 14.0. The van der Waals surface area contributed by atoms with Crippen LogP contribution >= 0.6 is 7.82 Å². The predicted molar refractivity (Wildman–Crippen MR) is 351 cm³/mol. The number of carbonyl (C=O) groups excluding carboxylic acids is 2. The smallest absolute Gasteiger partial charge is 0.456 e. The van der Waals surface area contributed by atoms with Gasteiger partial charge in [0, 0.05) is 12.8 Å². The predicted octanol–water partition coefficient (Wildman–Crippen LogP) is 21.6. The first-order valence-corrected chi connectivity index (χ1v) is 35.8. The van der Waals surface area contributed by atoms with Crippen molar-refractivity contribution in [2.75, 3.05) is 40.9 Å². The lowest BCUT2D eigenvalue weighted by Crippen LogP contribution is -2.47. The van der Waals surface area contributed by atoms with E-state index in [1.165, 1.54) is 173 Å². The number of nitrogens with zero attached hydrogens (tertiary/aromatic N) is 1. The van der Waals surface area contributed by atoms with E-state index >= 15 is 0 Å². The summed E-state index contributed by atoms with van der Waals surface area (Å²) in [6.07, 6.45) is 79.0. The third-order valence-electron chi connectivity index (χ3n) is 15.2. The Balaban J connectivity index is 5.20. The van der Waals surface area contributed by atoms with Crippen molar-refractivity contribution >= 4 is 19.7 Å². The standard InChI is InChI=1S/C71H131N2O7P/c1-7-10-13-16-19-22-25-28-30-32-34-36-38-40-42-45-48-51-54-57-60-63-70(74)72-68(67-79-81(76,77)78-66-65-73(4,5)6)69(62-59-56-53-50-47-44-27-24-21-18-15-12-9-3)80-71(75)64-61-58-55-52-49-46-43-41-39-37-35-33-31-29-26-23-20-17-14-11-8-2/h10,13,19,22,28,30,34,36,40,42,59,62,68-69H,7-9,11-12,14-18,20-21,23-27,29,31-33,35,37-39,41,43-58,60-61,63-67H2,1-6H3,(H-,72,74,76,77)/p+1/b13-10-,22-19-,30-28-,36-34-,42-40-,62-59+. The van der Waals surface area contributed by atoms with Gasteiger partial charge in [-0.3, -0.25) is 18.6 Å². The van der Waals surface area contributed by atoms with Crippen molar-refractivity contribution < 1.29 is 37.3 Å². The fourth-order valence-corrected chi connectivity index (χ4v) is 10.6. The Kier molecular flexibility index (Phi) is 58.7. The summed E-state index contributed by atoms with van der Waals surface area (Å²) in [5, 5.41) is 3.06. The van der Waals surface area contributed by atoms with Crippen LogP contribution in [0.1, 0.15) is 316 Å². The van der Waals surface area contributed by atoms with Gasteiger partial charge < -0.3 is 19.4 Å². The zero-order valence-corrected chi connectivity index (χ0v) is 54.9. The number of ether oxygens (including phenoxy) is 1. The highest BCUT2D eigenvalue weighted by Gasteiger charge is 2.30. The van der Waals surface area contributed by atoms with Gasteiger partial charge in [0.25, 0.3) is 0 Å². The molecule has 0 rings (SSSR count). The highest BCUT2D eigenvalue weighted by Crippen LogP contribution is 2.43. The largest absolute Gasteiger partial charge is 0.472 e. The molecule has 472 valence electrons. The number of allylic oxidation sites excluding steroid dienone is 11. The molecule has 0 saturated heterocycles. The van der Waals surface area contributed by atoms with E-state index in [1.807, 2.05) is 33.3 Å². The van der Waals surface area contributed by atoms with E-state index in [4.69, 9.17) is 13.8 Å². The minimum absolute atomic E-state index is 0.0351. The maximum atomic E-state index is 13.6. The number of quaternary nitrogens is 1. The molecule has 1 amide bonds. The Morgan fingerprint density at radius 2 is 0.790 bits per heavy atom. The first-order valence-electron chi connectivity index (χ1n) is 34.3. The molecule has 0 aromatic rings. The van der Waals surface area contributed by atoms with Crippen LogP contribution in [-0.4, -0.2) is 74.3 Å². The summed E-state index contributed by atoms with van der Waals surface area (Å²) in [7, 11) is 1.49. The Morgan fingerprint density at radius 1 is 0.444 bits per heavy atom. The Hall–Kier alpha value is -2.55. The number of unbranched alkanes of at least 4 members (excludes halogenated alkanes) is 36. The molecule has 0 aromatic carbocycles. The highest BCUT2D eigenvalue weighted by molar-refractivity contribution is 7.47. The summed E-state index contributed by atoms with van der Waals surface area (Å²) < 4.78 is 30.8. The van der Waals surface area contributed by atoms with Gasteiger partial charge in [-0.05, 0) is 76.7 Å². The zero-order chi connectivity index (χ0) is 59.3. The quantitative estimate of drug-likeness (QED) is 0.0205. The van der Waals surface area contributed by atoms with Crippen molar-refractivity contribution in [3.63, 3.8) is 0 Å². The van der Waals surface area contributed by atoms with Crippen LogP contribution < -0.4 is 5.32 Å². The molecular weight excluding hydrogens is 1020 g/mol. The Labute approximate surface area is 502 Å². The molecule has 2 N–H and O–H groups in total. The number of phosphoric ester groups is 1.